The van der Waals surface area contributed by atoms with Crippen LogP contribution < -0.4 is 25.0 Å². The van der Waals surface area contributed by atoms with Gasteiger partial charge < -0.3 is 24.2 Å². The largest absolute Gasteiger partial charge is 0.493 e. The second kappa shape index (κ2) is 11.3. The molecule has 3 aromatic rings. The number of hydrogen-bond donors (Lipinski definition) is 1. The molecule has 6 nitrogen and oxygen atoms in total. The molecule has 176 valence electrons. The highest BCUT2D eigenvalue weighted by Gasteiger charge is 2.38. The zero-order valence-electron chi connectivity index (χ0n) is 19.9. The lowest BCUT2D eigenvalue weighted by molar-refractivity contribution is 0.315. The van der Waals surface area contributed by atoms with Gasteiger partial charge in [0, 0.05) is 30.8 Å². The molecule has 2 atom stereocenters. The maximum Gasteiger partial charge on any atom is 0.258 e. The lowest BCUT2D eigenvalue weighted by Gasteiger charge is -2.30. The first-order valence-electron chi connectivity index (χ1n) is 11.0. The molecule has 3 rings (SSSR count). The van der Waals surface area contributed by atoms with Gasteiger partial charge in [-0.2, -0.15) is 0 Å². The second-order valence-electron chi connectivity index (χ2n) is 7.87. The molecule has 0 aliphatic carbocycles. The third-order valence-corrected chi connectivity index (χ3v) is 8.04. The topological polar surface area (TPSA) is 60.0 Å². The van der Waals surface area contributed by atoms with Gasteiger partial charge in [0.2, 0.25) is 0 Å². The average molecular weight is 469 g/mol. The number of rotatable bonds is 11. The van der Waals surface area contributed by atoms with Gasteiger partial charge in [0.15, 0.2) is 11.5 Å². The van der Waals surface area contributed by atoms with E-state index in [1.54, 1.807) is 14.2 Å². The third-order valence-electron chi connectivity index (χ3n) is 5.35. The summed E-state index contributed by atoms with van der Waals surface area (Å²) in [7, 11) is 3.73. The number of benzene rings is 3. The molecule has 1 N–H and O–H groups in total. The Bertz CT molecular complexity index is 1070. The molecular weight excluding hydrogens is 435 g/mol. The molecule has 0 radical (unpaired) electrons. The van der Waals surface area contributed by atoms with Crippen molar-refractivity contribution < 1.29 is 18.6 Å². The SMILES string of the molecule is CCCO[P@@](=O)(c1ccc(N(C)C)cc1)[C@@H](Nc1ccccc1)c1ccc(OC)c(OC)c1. The first kappa shape index (κ1) is 24.7. The van der Waals surface area contributed by atoms with Crippen LogP contribution in [0.5, 0.6) is 11.5 Å². The van der Waals surface area contributed by atoms with Crippen LogP contribution >= 0.6 is 7.37 Å². The molecule has 0 aliphatic heterocycles. The van der Waals surface area contributed by atoms with Crippen molar-refractivity contribution in [2.75, 3.05) is 45.1 Å². The molecule has 0 saturated heterocycles. The molecule has 0 spiro atoms. The summed E-state index contributed by atoms with van der Waals surface area (Å²) in [4.78, 5) is 2.01. The van der Waals surface area contributed by atoms with Gasteiger partial charge in [-0.25, -0.2) is 0 Å². The van der Waals surface area contributed by atoms with Crippen LogP contribution in [0.2, 0.25) is 0 Å². The number of methoxy groups -OCH3 is 2. The van der Waals surface area contributed by atoms with Crippen molar-refractivity contribution in [1.82, 2.24) is 0 Å². The highest BCUT2D eigenvalue weighted by Crippen LogP contribution is 2.59. The number of ether oxygens (including phenoxy) is 2. The van der Waals surface area contributed by atoms with Crippen LogP contribution in [-0.4, -0.2) is 34.9 Å². The molecule has 0 saturated carbocycles. The van der Waals surface area contributed by atoms with Gasteiger partial charge >= 0.3 is 0 Å². The molecule has 7 heteroatoms. The lowest BCUT2D eigenvalue weighted by Crippen LogP contribution is -2.21. The molecule has 3 aromatic carbocycles. The Hall–Kier alpha value is -2.95. The molecule has 0 unspecified atom stereocenters. The Labute approximate surface area is 196 Å². The summed E-state index contributed by atoms with van der Waals surface area (Å²) in [6.07, 6.45) is 0.754. The summed E-state index contributed by atoms with van der Waals surface area (Å²) >= 11 is 0. The van der Waals surface area contributed by atoms with Gasteiger partial charge in [-0.3, -0.25) is 4.57 Å². The van der Waals surface area contributed by atoms with Gasteiger partial charge in [-0.1, -0.05) is 31.2 Å². The Morgan fingerprint density at radius 3 is 2.15 bits per heavy atom. The summed E-state index contributed by atoms with van der Waals surface area (Å²) in [5, 5.41) is 4.13. The average Bonchev–Trinajstić information content (AvgIpc) is 2.86. The maximum absolute atomic E-state index is 14.7. The molecule has 0 aromatic heterocycles. The van der Waals surface area contributed by atoms with E-state index in [-0.39, 0.29) is 0 Å². The van der Waals surface area contributed by atoms with E-state index in [1.807, 2.05) is 98.7 Å². The fourth-order valence-electron chi connectivity index (χ4n) is 3.56. The first-order chi connectivity index (χ1) is 15.9. The van der Waals surface area contributed by atoms with Crippen molar-refractivity contribution in [2.45, 2.75) is 19.1 Å². The van der Waals surface area contributed by atoms with Crippen molar-refractivity contribution in [3.05, 3.63) is 78.4 Å². The highest BCUT2D eigenvalue weighted by atomic mass is 31.2. The van der Waals surface area contributed by atoms with E-state index in [2.05, 4.69) is 5.32 Å². The van der Waals surface area contributed by atoms with Crippen molar-refractivity contribution >= 4 is 24.0 Å². The predicted molar refractivity (Wildman–Crippen MR) is 137 cm³/mol. The molecule has 0 heterocycles. The quantitative estimate of drug-likeness (QED) is 0.353. The number of nitrogens with zero attached hydrogens (tertiary/aromatic N) is 1. The van der Waals surface area contributed by atoms with E-state index in [4.69, 9.17) is 14.0 Å². The Kier molecular flexibility index (Phi) is 8.43. The van der Waals surface area contributed by atoms with Gasteiger partial charge in [-0.15, -0.1) is 0 Å². The minimum atomic E-state index is -3.42. The normalized spacial score (nSPS) is 13.6. The second-order valence-corrected chi connectivity index (χ2v) is 10.4. The van der Waals surface area contributed by atoms with Crippen molar-refractivity contribution in [1.29, 1.82) is 0 Å². The van der Waals surface area contributed by atoms with Crippen molar-refractivity contribution in [3.8, 4) is 11.5 Å². The first-order valence-corrected chi connectivity index (χ1v) is 12.7. The third kappa shape index (κ3) is 5.70. The Morgan fingerprint density at radius 2 is 1.58 bits per heavy atom. The number of nitrogens with one attached hydrogen (secondary N) is 1. The zero-order valence-corrected chi connectivity index (χ0v) is 20.8. The standard InChI is InChI=1S/C26H33N2O4P/c1-6-18-32-33(29,23-15-13-22(14-16-23)28(2)3)26(27-21-10-8-7-9-11-21)20-12-17-24(30-4)25(19-20)31-5/h7-17,19,26-27H,6,18H2,1-5H3/t26-,33+/m1/s1. The summed E-state index contributed by atoms with van der Waals surface area (Å²) < 4.78 is 31.9. The molecule has 0 fully saturated rings. The van der Waals surface area contributed by atoms with E-state index < -0.39 is 13.2 Å². The fourth-order valence-corrected chi connectivity index (χ4v) is 6.05. The molecule has 0 bridgehead atoms. The van der Waals surface area contributed by atoms with E-state index in [1.165, 1.54) is 0 Å². The molecule has 0 amide bonds. The smallest absolute Gasteiger partial charge is 0.258 e. The van der Waals surface area contributed by atoms with E-state index in [0.29, 0.717) is 23.4 Å². The van der Waals surface area contributed by atoms with Crippen LogP contribution in [0.15, 0.2) is 72.8 Å². The van der Waals surface area contributed by atoms with Crippen molar-refractivity contribution in [3.63, 3.8) is 0 Å². The lowest BCUT2D eigenvalue weighted by atomic mass is 10.2. The molecular formula is C26H33N2O4P. The zero-order chi connectivity index (χ0) is 23.8. The number of para-hydroxylation sites is 1. The fraction of sp³-hybridized carbons (Fsp3) is 0.308. The predicted octanol–water partition coefficient (Wildman–Crippen LogP) is 5.91. The minimum Gasteiger partial charge on any atom is -0.493 e. The number of hydrogen-bond acceptors (Lipinski definition) is 6. The van der Waals surface area contributed by atoms with Crippen LogP contribution in [0.3, 0.4) is 0 Å². The van der Waals surface area contributed by atoms with Gasteiger partial charge in [0.25, 0.3) is 7.37 Å². The van der Waals surface area contributed by atoms with Crippen LogP contribution in [0.1, 0.15) is 24.7 Å². The van der Waals surface area contributed by atoms with Crippen molar-refractivity contribution in [2.24, 2.45) is 0 Å². The van der Waals surface area contributed by atoms with Gasteiger partial charge in [0.1, 0.15) is 5.78 Å². The van der Waals surface area contributed by atoms with Crippen LogP contribution in [0.25, 0.3) is 0 Å². The van der Waals surface area contributed by atoms with Crippen LogP contribution in [-0.2, 0) is 9.09 Å². The molecule has 33 heavy (non-hydrogen) atoms. The van der Waals surface area contributed by atoms with Gasteiger partial charge in [-0.05, 0) is 60.5 Å². The Morgan fingerprint density at radius 1 is 0.909 bits per heavy atom. The van der Waals surface area contributed by atoms with Gasteiger partial charge in [0.05, 0.1) is 20.8 Å². The summed E-state index contributed by atoms with van der Waals surface area (Å²) in [6, 6.07) is 23.0. The van der Waals surface area contributed by atoms with Crippen LogP contribution in [0.4, 0.5) is 11.4 Å². The Balaban J connectivity index is 2.16. The highest BCUT2D eigenvalue weighted by molar-refractivity contribution is 7.67. The maximum atomic E-state index is 14.7. The van der Waals surface area contributed by atoms with E-state index in [9.17, 15) is 4.57 Å². The molecule has 0 aliphatic rings. The van der Waals surface area contributed by atoms with Crippen LogP contribution in [0, 0.1) is 0 Å². The van der Waals surface area contributed by atoms with E-state index in [0.717, 1.165) is 23.4 Å². The summed E-state index contributed by atoms with van der Waals surface area (Å²) in [5.74, 6) is 0.552. The number of anilines is 2. The monoisotopic (exact) mass is 468 g/mol. The van der Waals surface area contributed by atoms with E-state index >= 15 is 0 Å². The minimum absolute atomic E-state index is 0.382. The summed E-state index contributed by atoms with van der Waals surface area (Å²) in [6.45, 7) is 2.39. The summed E-state index contributed by atoms with van der Waals surface area (Å²) in [5.41, 5.74) is 2.66.